The number of Topliss-reactive ketones (excluding diaryl/α,β-unsaturated/α-hetero) is 1. The monoisotopic (exact) mass is 438 g/mol. The first-order valence-electron chi connectivity index (χ1n) is 13.5. The summed E-state index contributed by atoms with van der Waals surface area (Å²) in [7, 11) is 0. The Morgan fingerprint density at radius 1 is 0.844 bits per heavy atom. The highest BCUT2D eigenvalue weighted by Gasteiger charge is 2.71. The van der Waals surface area contributed by atoms with E-state index in [2.05, 4.69) is 61.5 Å². The standard InChI is InChI=1S/C30H46O2/c1-18(2)19-9-12-23-28(19,6)15-16-29(7)20-10-11-22-26(3,4)24(31)13-14-27(22,5)21(20)17-25(32)30(23,29)8/h17-20,22-23H,9-16H2,1-8H3. The average molecular weight is 439 g/mol. The summed E-state index contributed by atoms with van der Waals surface area (Å²) in [5, 5.41) is 0. The first-order valence-corrected chi connectivity index (χ1v) is 13.5. The molecule has 0 aromatic carbocycles. The molecular weight excluding hydrogens is 392 g/mol. The number of rotatable bonds is 1. The predicted molar refractivity (Wildman–Crippen MR) is 130 cm³/mol. The molecule has 4 fully saturated rings. The molecule has 0 spiro atoms. The van der Waals surface area contributed by atoms with Gasteiger partial charge in [-0.2, -0.15) is 0 Å². The molecule has 32 heavy (non-hydrogen) atoms. The van der Waals surface area contributed by atoms with Gasteiger partial charge in [-0.15, -0.1) is 0 Å². The Kier molecular flexibility index (Phi) is 4.71. The van der Waals surface area contributed by atoms with Crippen LogP contribution in [-0.4, -0.2) is 11.6 Å². The van der Waals surface area contributed by atoms with E-state index in [0.717, 1.165) is 25.2 Å². The molecule has 5 aliphatic rings. The van der Waals surface area contributed by atoms with Crippen molar-refractivity contribution in [3.8, 4) is 0 Å². The van der Waals surface area contributed by atoms with Gasteiger partial charge in [0, 0.05) is 17.3 Å². The Hall–Kier alpha value is -0.920. The molecular formula is C30H46O2. The molecule has 8 unspecified atom stereocenters. The fraction of sp³-hybridized carbons (Fsp3) is 0.867. The van der Waals surface area contributed by atoms with Crippen molar-refractivity contribution in [3.05, 3.63) is 11.6 Å². The number of hydrogen-bond donors (Lipinski definition) is 0. The smallest absolute Gasteiger partial charge is 0.162 e. The second-order valence-corrected chi connectivity index (χ2v) is 14.3. The molecule has 2 heteroatoms. The van der Waals surface area contributed by atoms with Gasteiger partial charge in [0.25, 0.3) is 0 Å². The minimum absolute atomic E-state index is 0.00276. The van der Waals surface area contributed by atoms with Crippen LogP contribution in [0.1, 0.15) is 107 Å². The van der Waals surface area contributed by atoms with Crippen molar-refractivity contribution in [3.63, 3.8) is 0 Å². The van der Waals surface area contributed by atoms with E-state index in [1.165, 1.54) is 31.3 Å². The van der Waals surface area contributed by atoms with Crippen LogP contribution in [0.4, 0.5) is 0 Å². The lowest BCUT2D eigenvalue weighted by Crippen LogP contribution is -2.64. The summed E-state index contributed by atoms with van der Waals surface area (Å²) < 4.78 is 0. The maximum Gasteiger partial charge on any atom is 0.162 e. The van der Waals surface area contributed by atoms with Crippen LogP contribution in [0.15, 0.2) is 11.6 Å². The van der Waals surface area contributed by atoms with Crippen molar-refractivity contribution < 1.29 is 9.59 Å². The maximum absolute atomic E-state index is 14.3. The number of fused-ring (bicyclic) bond motifs is 7. The molecule has 5 rings (SSSR count). The van der Waals surface area contributed by atoms with Gasteiger partial charge in [-0.3, -0.25) is 9.59 Å². The SMILES string of the molecule is CC(C)C1CCC2C1(C)CCC1(C)C3CCC4C(C)(C)C(=O)CCC4(C)C3=CC(=O)C21C. The molecule has 2 nitrogen and oxygen atoms in total. The zero-order valence-electron chi connectivity index (χ0n) is 21.9. The highest BCUT2D eigenvalue weighted by molar-refractivity contribution is 5.98. The normalized spacial score (nSPS) is 52.1. The van der Waals surface area contributed by atoms with Gasteiger partial charge in [0.05, 0.1) is 0 Å². The Labute approximate surface area is 196 Å². The predicted octanol–water partition coefficient (Wildman–Crippen LogP) is 7.41. The number of allylic oxidation sites excluding steroid dienone is 2. The summed E-state index contributed by atoms with van der Waals surface area (Å²) in [6, 6.07) is 0. The van der Waals surface area contributed by atoms with Crippen LogP contribution in [0.25, 0.3) is 0 Å². The van der Waals surface area contributed by atoms with E-state index in [1.54, 1.807) is 0 Å². The summed E-state index contributed by atoms with van der Waals surface area (Å²) in [5.41, 5.74) is 1.25. The fourth-order valence-electron chi connectivity index (χ4n) is 10.8. The first kappa shape index (κ1) is 22.9. The number of hydrogen-bond acceptors (Lipinski definition) is 2. The van der Waals surface area contributed by atoms with E-state index in [9.17, 15) is 9.59 Å². The van der Waals surface area contributed by atoms with E-state index >= 15 is 0 Å². The van der Waals surface area contributed by atoms with Gasteiger partial charge in [-0.25, -0.2) is 0 Å². The number of carbonyl (C=O) groups is 2. The third kappa shape index (κ3) is 2.43. The van der Waals surface area contributed by atoms with E-state index in [0.29, 0.717) is 47.1 Å². The Morgan fingerprint density at radius 2 is 1.50 bits per heavy atom. The molecule has 0 heterocycles. The second-order valence-electron chi connectivity index (χ2n) is 14.3. The molecule has 0 aromatic rings. The van der Waals surface area contributed by atoms with Crippen LogP contribution in [0, 0.1) is 56.7 Å². The first-order chi connectivity index (χ1) is 14.7. The van der Waals surface area contributed by atoms with Gasteiger partial charge >= 0.3 is 0 Å². The van der Waals surface area contributed by atoms with Crippen LogP contribution in [0.3, 0.4) is 0 Å². The molecule has 0 N–H and O–H groups in total. The molecule has 0 aromatic heterocycles. The third-order valence-electron chi connectivity index (χ3n) is 12.9. The summed E-state index contributed by atoms with van der Waals surface area (Å²) >= 11 is 0. The van der Waals surface area contributed by atoms with Crippen molar-refractivity contribution >= 4 is 11.6 Å². The van der Waals surface area contributed by atoms with E-state index in [-0.39, 0.29) is 21.7 Å². The van der Waals surface area contributed by atoms with Crippen LogP contribution < -0.4 is 0 Å². The van der Waals surface area contributed by atoms with Gasteiger partial charge in [0.2, 0.25) is 0 Å². The third-order valence-corrected chi connectivity index (χ3v) is 12.9. The molecule has 0 saturated heterocycles. The highest BCUT2D eigenvalue weighted by atomic mass is 16.1. The van der Waals surface area contributed by atoms with E-state index in [1.807, 2.05) is 0 Å². The van der Waals surface area contributed by atoms with Crippen molar-refractivity contribution in [2.45, 2.75) is 107 Å². The summed E-state index contributed by atoms with van der Waals surface area (Å²) in [4.78, 5) is 27.1. The number of carbonyl (C=O) groups excluding carboxylic acids is 2. The van der Waals surface area contributed by atoms with Crippen molar-refractivity contribution in [2.75, 3.05) is 0 Å². The minimum Gasteiger partial charge on any atom is -0.299 e. The maximum atomic E-state index is 14.3. The molecule has 0 amide bonds. The zero-order chi connectivity index (χ0) is 23.5. The summed E-state index contributed by atoms with van der Waals surface area (Å²) in [5.74, 6) is 3.65. The van der Waals surface area contributed by atoms with E-state index < -0.39 is 0 Å². The Balaban J connectivity index is 1.62. The average Bonchev–Trinajstić information content (AvgIpc) is 3.07. The fourth-order valence-corrected chi connectivity index (χ4v) is 10.8. The van der Waals surface area contributed by atoms with E-state index in [4.69, 9.17) is 0 Å². The van der Waals surface area contributed by atoms with Crippen molar-refractivity contribution in [2.24, 2.45) is 56.7 Å². The zero-order valence-corrected chi connectivity index (χ0v) is 21.9. The quantitative estimate of drug-likeness (QED) is 0.427. The lowest BCUT2D eigenvalue weighted by atomic mass is 9.35. The second kappa shape index (κ2) is 6.60. The van der Waals surface area contributed by atoms with Crippen LogP contribution in [-0.2, 0) is 9.59 Å². The molecule has 4 saturated carbocycles. The lowest BCUT2D eigenvalue weighted by molar-refractivity contribution is -0.173. The van der Waals surface area contributed by atoms with Gasteiger partial charge in [0.15, 0.2) is 5.78 Å². The topological polar surface area (TPSA) is 34.1 Å². The van der Waals surface area contributed by atoms with Gasteiger partial charge in [-0.05, 0) is 96.9 Å². The Morgan fingerprint density at radius 3 is 2.16 bits per heavy atom. The van der Waals surface area contributed by atoms with Crippen LogP contribution in [0.2, 0.25) is 0 Å². The van der Waals surface area contributed by atoms with Crippen molar-refractivity contribution in [1.29, 1.82) is 0 Å². The molecule has 0 bridgehead atoms. The van der Waals surface area contributed by atoms with Crippen LogP contribution in [0.5, 0.6) is 0 Å². The molecule has 8 atom stereocenters. The summed E-state index contributed by atoms with van der Waals surface area (Å²) in [6.45, 7) is 18.9. The molecule has 0 aliphatic heterocycles. The summed E-state index contributed by atoms with van der Waals surface area (Å²) in [6.07, 6.45) is 11.0. The minimum atomic E-state index is -0.273. The number of ketones is 2. The van der Waals surface area contributed by atoms with Crippen molar-refractivity contribution in [1.82, 2.24) is 0 Å². The van der Waals surface area contributed by atoms with Gasteiger partial charge < -0.3 is 0 Å². The van der Waals surface area contributed by atoms with Gasteiger partial charge in [0.1, 0.15) is 5.78 Å². The largest absolute Gasteiger partial charge is 0.299 e. The Bertz CT molecular complexity index is 895. The molecule has 178 valence electrons. The van der Waals surface area contributed by atoms with Crippen LogP contribution >= 0.6 is 0 Å². The highest BCUT2D eigenvalue weighted by Crippen LogP contribution is 2.75. The molecule has 0 radical (unpaired) electrons. The lowest BCUT2D eigenvalue weighted by Gasteiger charge is -2.67. The van der Waals surface area contributed by atoms with Gasteiger partial charge in [-0.1, -0.05) is 61.0 Å². The molecule has 5 aliphatic carbocycles.